The number of hydrogen-bond donors (Lipinski definition) is 4. The lowest BCUT2D eigenvalue weighted by Gasteiger charge is -2.21. The Hall–Kier alpha value is -4.44. The van der Waals surface area contributed by atoms with Gasteiger partial charge in [-0.15, -0.1) is 0 Å². The number of rotatable bonds is 6. The zero-order chi connectivity index (χ0) is 24.2. The fourth-order valence-electron chi connectivity index (χ4n) is 4.26. The number of aryl methyl sites for hydroxylation is 2. The molecule has 0 amide bonds. The minimum absolute atomic E-state index is 0.0204. The number of nitrogens with two attached hydrogens (primary N) is 2. The second-order valence-electron chi connectivity index (χ2n) is 8.37. The highest BCUT2D eigenvalue weighted by Gasteiger charge is 2.19. The van der Waals surface area contributed by atoms with E-state index in [4.69, 9.17) is 22.3 Å². The van der Waals surface area contributed by atoms with Crippen LogP contribution in [0.25, 0.3) is 11.1 Å². The summed E-state index contributed by atoms with van der Waals surface area (Å²) in [7, 11) is 0. The van der Waals surface area contributed by atoms with Crippen molar-refractivity contribution >= 4 is 22.8 Å². The van der Waals surface area contributed by atoms with Crippen LogP contribution in [-0.4, -0.2) is 11.7 Å². The Morgan fingerprint density at radius 2 is 0.882 bits per heavy atom. The Morgan fingerprint density at radius 1 is 0.500 bits per heavy atom. The van der Waals surface area contributed by atoms with Gasteiger partial charge in [-0.25, -0.2) is 0 Å². The van der Waals surface area contributed by atoms with Crippen LogP contribution >= 0.6 is 0 Å². The van der Waals surface area contributed by atoms with Gasteiger partial charge in [-0.05, 0) is 70.5 Å². The molecule has 0 fully saturated rings. The first-order chi connectivity index (χ1) is 16.4. The largest absolute Gasteiger partial charge is 0.384 e. The Bertz CT molecular complexity index is 1320. The molecule has 0 saturated carbocycles. The van der Waals surface area contributed by atoms with Gasteiger partial charge >= 0.3 is 0 Å². The van der Waals surface area contributed by atoms with E-state index in [9.17, 15) is 0 Å². The van der Waals surface area contributed by atoms with E-state index in [-0.39, 0.29) is 11.7 Å². The Balaban J connectivity index is 2.19. The number of benzene rings is 4. The highest BCUT2D eigenvalue weighted by Crippen LogP contribution is 2.39. The summed E-state index contributed by atoms with van der Waals surface area (Å²) >= 11 is 0. The van der Waals surface area contributed by atoms with Crippen molar-refractivity contribution in [2.45, 2.75) is 13.8 Å². The molecule has 168 valence electrons. The summed E-state index contributed by atoms with van der Waals surface area (Å²) < 4.78 is 0. The Kier molecular flexibility index (Phi) is 6.42. The molecule has 0 heterocycles. The molecular formula is C30H28N4. The lowest BCUT2D eigenvalue weighted by atomic mass is 9.82. The predicted octanol–water partition coefficient (Wildman–Crippen LogP) is 5.88. The molecule has 0 aromatic heterocycles. The molecule has 4 rings (SSSR count). The van der Waals surface area contributed by atoms with Crippen molar-refractivity contribution in [3.05, 3.63) is 142 Å². The maximum atomic E-state index is 7.99. The van der Waals surface area contributed by atoms with Crippen LogP contribution in [0.2, 0.25) is 0 Å². The highest BCUT2D eigenvalue weighted by molar-refractivity contribution is 6.07. The second kappa shape index (κ2) is 9.59. The minimum atomic E-state index is 0.0204. The maximum absolute atomic E-state index is 7.99. The molecule has 4 heteroatoms. The molecule has 0 saturated heterocycles. The molecule has 4 aromatic rings. The van der Waals surface area contributed by atoms with Crippen molar-refractivity contribution in [1.29, 1.82) is 10.8 Å². The third-order valence-electron chi connectivity index (χ3n) is 6.00. The SMILES string of the molecule is Cc1ccccc1C(=C(c1cccc(C(=N)N)c1)c1cccc(C(=N)N)c1)c1ccccc1C. The standard InChI is InChI=1S/C30H28N4/c1-19-9-3-5-15-25(19)28(26-16-6-4-10-20(26)2)27(21-11-7-13-23(17-21)29(31)32)22-12-8-14-24(18-22)30(33)34/h3-18H,1-2H3,(H3,31,32)(H3,33,34). The molecular weight excluding hydrogens is 416 g/mol. The number of nitrogen functional groups attached to an aromatic ring is 2. The van der Waals surface area contributed by atoms with Crippen LogP contribution in [0.5, 0.6) is 0 Å². The third kappa shape index (κ3) is 4.52. The van der Waals surface area contributed by atoms with Crippen LogP contribution in [-0.2, 0) is 0 Å². The number of amidine groups is 2. The molecule has 0 spiro atoms. The Labute approximate surface area is 200 Å². The smallest absolute Gasteiger partial charge is 0.122 e. The lowest BCUT2D eigenvalue weighted by molar-refractivity contribution is 1.37. The molecule has 4 nitrogen and oxygen atoms in total. The summed E-state index contributed by atoms with van der Waals surface area (Å²) in [5.74, 6) is 0.0408. The van der Waals surface area contributed by atoms with E-state index in [0.29, 0.717) is 11.1 Å². The quantitative estimate of drug-likeness (QED) is 0.170. The monoisotopic (exact) mass is 444 g/mol. The summed E-state index contributed by atoms with van der Waals surface area (Å²) in [6.45, 7) is 4.23. The van der Waals surface area contributed by atoms with Crippen LogP contribution in [0.1, 0.15) is 44.5 Å². The summed E-state index contributed by atoms with van der Waals surface area (Å²) in [5, 5.41) is 16.0. The van der Waals surface area contributed by atoms with E-state index < -0.39 is 0 Å². The fraction of sp³-hybridized carbons (Fsp3) is 0.0667. The first-order valence-corrected chi connectivity index (χ1v) is 11.1. The minimum Gasteiger partial charge on any atom is -0.384 e. The average molecular weight is 445 g/mol. The van der Waals surface area contributed by atoms with Gasteiger partial charge in [0.1, 0.15) is 11.7 Å². The van der Waals surface area contributed by atoms with Crippen LogP contribution < -0.4 is 11.5 Å². The van der Waals surface area contributed by atoms with E-state index in [1.807, 2.05) is 60.7 Å². The van der Waals surface area contributed by atoms with Crippen molar-refractivity contribution < 1.29 is 0 Å². The average Bonchev–Trinajstić information content (AvgIpc) is 2.84. The first kappa shape index (κ1) is 22.7. The fourth-order valence-corrected chi connectivity index (χ4v) is 4.26. The van der Waals surface area contributed by atoms with Gasteiger partial charge in [0.2, 0.25) is 0 Å². The van der Waals surface area contributed by atoms with Gasteiger partial charge in [0.15, 0.2) is 0 Å². The van der Waals surface area contributed by atoms with Gasteiger partial charge in [0, 0.05) is 11.1 Å². The van der Waals surface area contributed by atoms with Gasteiger partial charge in [0.05, 0.1) is 0 Å². The lowest BCUT2D eigenvalue weighted by Crippen LogP contribution is -2.12. The van der Waals surface area contributed by atoms with Gasteiger partial charge < -0.3 is 11.5 Å². The summed E-state index contributed by atoms with van der Waals surface area (Å²) in [6, 6.07) is 32.2. The van der Waals surface area contributed by atoms with Crippen molar-refractivity contribution in [2.75, 3.05) is 0 Å². The van der Waals surface area contributed by atoms with E-state index in [1.165, 1.54) is 0 Å². The van der Waals surface area contributed by atoms with Crippen LogP contribution in [0.4, 0.5) is 0 Å². The van der Waals surface area contributed by atoms with Gasteiger partial charge in [-0.3, -0.25) is 10.8 Å². The predicted molar refractivity (Wildman–Crippen MR) is 142 cm³/mol. The topological polar surface area (TPSA) is 99.7 Å². The second-order valence-corrected chi connectivity index (χ2v) is 8.37. The number of nitrogens with one attached hydrogen (secondary N) is 2. The summed E-state index contributed by atoms with van der Waals surface area (Å²) in [6.07, 6.45) is 0. The van der Waals surface area contributed by atoms with E-state index in [1.54, 1.807) is 0 Å². The van der Waals surface area contributed by atoms with E-state index in [0.717, 1.165) is 44.5 Å². The number of hydrogen-bond acceptors (Lipinski definition) is 2. The molecule has 0 aliphatic rings. The molecule has 0 unspecified atom stereocenters. The van der Waals surface area contributed by atoms with Gasteiger partial charge in [0.25, 0.3) is 0 Å². The molecule has 6 N–H and O–H groups in total. The van der Waals surface area contributed by atoms with Crippen LogP contribution in [0, 0.1) is 24.7 Å². The van der Waals surface area contributed by atoms with Gasteiger partial charge in [-0.2, -0.15) is 0 Å². The molecule has 34 heavy (non-hydrogen) atoms. The van der Waals surface area contributed by atoms with Crippen molar-refractivity contribution in [2.24, 2.45) is 11.5 Å². The maximum Gasteiger partial charge on any atom is 0.122 e. The zero-order valence-electron chi connectivity index (χ0n) is 19.4. The molecule has 4 aromatic carbocycles. The van der Waals surface area contributed by atoms with Crippen LogP contribution in [0.3, 0.4) is 0 Å². The summed E-state index contributed by atoms with van der Waals surface area (Å²) in [4.78, 5) is 0. The molecule has 0 atom stereocenters. The van der Waals surface area contributed by atoms with Crippen LogP contribution in [0.15, 0.2) is 97.1 Å². The highest BCUT2D eigenvalue weighted by atomic mass is 14.7. The molecule has 0 aliphatic carbocycles. The Morgan fingerprint density at radius 3 is 1.26 bits per heavy atom. The van der Waals surface area contributed by atoms with Crippen molar-refractivity contribution in [3.63, 3.8) is 0 Å². The summed E-state index contributed by atoms with van der Waals surface area (Å²) in [5.41, 5.74) is 21.5. The molecule has 0 aliphatic heterocycles. The third-order valence-corrected chi connectivity index (χ3v) is 6.00. The van der Waals surface area contributed by atoms with E-state index in [2.05, 4.69) is 50.2 Å². The van der Waals surface area contributed by atoms with E-state index >= 15 is 0 Å². The zero-order valence-corrected chi connectivity index (χ0v) is 19.4. The van der Waals surface area contributed by atoms with Gasteiger partial charge in [-0.1, -0.05) is 84.9 Å². The van der Waals surface area contributed by atoms with Crippen molar-refractivity contribution in [3.8, 4) is 0 Å². The molecule has 0 radical (unpaired) electrons. The first-order valence-electron chi connectivity index (χ1n) is 11.1. The normalized spacial score (nSPS) is 10.5. The van der Waals surface area contributed by atoms with Crippen molar-refractivity contribution in [1.82, 2.24) is 0 Å². The molecule has 0 bridgehead atoms.